The molecule has 1 aliphatic heterocycles. The Morgan fingerprint density at radius 1 is 1.40 bits per heavy atom. The van der Waals surface area contributed by atoms with Gasteiger partial charge in [-0.25, -0.2) is 0 Å². The topological polar surface area (TPSA) is 96.4 Å². The number of hydrogen-bond donors (Lipinski definition) is 1. The summed E-state index contributed by atoms with van der Waals surface area (Å²) in [6.45, 7) is 0.0617. The number of ether oxygens (including phenoxy) is 2. The van der Waals surface area contributed by atoms with Gasteiger partial charge in [-0.15, -0.1) is 0 Å². The first kappa shape index (κ1) is 12.7. The summed E-state index contributed by atoms with van der Waals surface area (Å²) < 4.78 is 11.8. The lowest BCUT2D eigenvalue weighted by Crippen LogP contribution is -2.28. The molecule has 0 unspecified atom stereocenters. The van der Waals surface area contributed by atoms with Crippen molar-refractivity contribution in [3.63, 3.8) is 0 Å². The normalized spacial score (nSPS) is 12.8. The molecule has 0 radical (unpaired) electrons. The van der Waals surface area contributed by atoms with Crippen LogP contribution in [-0.2, 0) is 11.3 Å². The number of carbonyl (C=O) groups excluding carboxylic acids is 1. The summed E-state index contributed by atoms with van der Waals surface area (Å²) in [5.74, 6) is -0.223. The van der Waals surface area contributed by atoms with Crippen molar-refractivity contribution in [3.8, 4) is 11.5 Å². The van der Waals surface area contributed by atoms with E-state index in [4.69, 9.17) is 21.7 Å². The van der Waals surface area contributed by atoms with E-state index in [1.807, 2.05) is 0 Å². The van der Waals surface area contributed by atoms with Crippen molar-refractivity contribution < 1.29 is 19.4 Å². The second-order valence-corrected chi connectivity index (χ2v) is 4.65. The van der Waals surface area contributed by atoms with Gasteiger partial charge in [0.15, 0.2) is 16.3 Å². The fourth-order valence-corrected chi connectivity index (χ4v) is 2.33. The lowest BCUT2D eigenvalue weighted by atomic mass is 10.2. The van der Waals surface area contributed by atoms with Crippen molar-refractivity contribution in [1.82, 2.24) is 9.55 Å². The molecule has 0 saturated heterocycles. The second kappa shape index (κ2) is 4.64. The Morgan fingerprint density at radius 3 is 2.80 bits per heavy atom. The van der Waals surface area contributed by atoms with Crippen molar-refractivity contribution >= 4 is 29.1 Å². The molecule has 0 fully saturated rings. The van der Waals surface area contributed by atoms with Crippen LogP contribution in [0.25, 0.3) is 10.9 Å². The van der Waals surface area contributed by atoms with E-state index < -0.39 is 5.97 Å². The van der Waals surface area contributed by atoms with E-state index in [0.29, 0.717) is 22.4 Å². The van der Waals surface area contributed by atoms with Crippen LogP contribution in [0.2, 0.25) is 0 Å². The number of fused-ring (bicyclic) bond motifs is 2. The number of carboxylic acid groups (broad SMARTS) is 1. The minimum absolute atomic E-state index is 0.0408. The number of aliphatic carboxylic acids is 1. The molecule has 0 aliphatic carbocycles. The average Bonchev–Trinajstić information content (AvgIpc) is 2.83. The zero-order chi connectivity index (χ0) is 14.3. The molecule has 2 aromatic rings. The molecule has 0 saturated carbocycles. The highest BCUT2D eigenvalue weighted by molar-refractivity contribution is 7.71. The number of benzene rings is 1. The third kappa shape index (κ3) is 2.03. The van der Waals surface area contributed by atoms with Crippen LogP contribution < -0.4 is 20.1 Å². The molecule has 1 N–H and O–H groups in total. The minimum atomic E-state index is -1.24. The molecule has 0 atom stereocenters. The molecule has 104 valence electrons. The van der Waals surface area contributed by atoms with Crippen LogP contribution in [0.3, 0.4) is 0 Å². The van der Waals surface area contributed by atoms with Crippen molar-refractivity contribution in [1.29, 1.82) is 0 Å². The van der Waals surface area contributed by atoms with Gasteiger partial charge in [0, 0.05) is 25.0 Å². The number of nitrogens with one attached hydrogen (secondary N) is 1. The SMILES string of the molecule is O=C([O-])CCn1c(=S)[nH]c2cc3c(cc2c1=O)OCO3. The summed E-state index contributed by atoms with van der Waals surface area (Å²) in [5, 5.41) is 10.9. The molecule has 2 heterocycles. The number of hydrogen-bond acceptors (Lipinski definition) is 6. The zero-order valence-corrected chi connectivity index (χ0v) is 11.0. The largest absolute Gasteiger partial charge is 0.550 e. The van der Waals surface area contributed by atoms with Crippen LogP contribution in [0.4, 0.5) is 0 Å². The molecule has 7 nitrogen and oxygen atoms in total. The zero-order valence-electron chi connectivity index (χ0n) is 10.2. The lowest BCUT2D eigenvalue weighted by molar-refractivity contribution is -0.305. The van der Waals surface area contributed by atoms with Crippen LogP contribution in [0.5, 0.6) is 11.5 Å². The fourth-order valence-electron chi connectivity index (χ4n) is 2.05. The lowest BCUT2D eigenvalue weighted by Gasteiger charge is -2.09. The van der Waals surface area contributed by atoms with E-state index in [2.05, 4.69) is 4.98 Å². The van der Waals surface area contributed by atoms with Gasteiger partial charge in [-0.3, -0.25) is 9.36 Å². The van der Waals surface area contributed by atoms with Gasteiger partial charge in [0.25, 0.3) is 5.56 Å². The standard InChI is InChI=1S/C12H10N2O5S/c15-10(16)1-2-14-11(17)6-3-8-9(19-5-18-8)4-7(6)13-12(14)20/h3-4H,1-2,5H2,(H,13,20)(H,15,16)/p-1. The van der Waals surface area contributed by atoms with E-state index in [9.17, 15) is 14.7 Å². The summed E-state index contributed by atoms with van der Waals surface area (Å²) in [6.07, 6.45) is -0.284. The van der Waals surface area contributed by atoms with Crippen molar-refractivity contribution in [2.24, 2.45) is 0 Å². The van der Waals surface area contributed by atoms with Crippen LogP contribution >= 0.6 is 12.2 Å². The van der Waals surface area contributed by atoms with Crippen LogP contribution in [-0.4, -0.2) is 22.3 Å². The van der Waals surface area contributed by atoms with Crippen molar-refractivity contribution in [2.75, 3.05) is 6.79 Å². The molecule has 20 heavy (non-hydrogen) atoms. The van der Waals surface area contributed by atoms with E-state index in [0.717, 1.165) is 0 Å². The molecular formula is C12H9N2O5S-. The van der Waals surface area contributed by atoms with E-state index in [1.54, 1.807) is 12.1 Å². The Hall–Kier alpha value is -2.35. The summed E-state index contributed by atoms with van der Waals surface area (Å²) in [5.41, 5.74) is 0.150. The van der Waals surface area contributed by atoms with Crippen LogP contribution in [0.15, 0.2) is 16.9 Å². The smallest absolute Gasteiger partial charge is 0.262 e. The van der Waals surface area contributed by atoms with Gasteiger partial charge in [-0.1, -0.05) is 0 Å². The summed E-state index contributed by atoms with van der Waals surface area (Å²) >= 11 is 5.07. The first-order valence-electron chi connectivity index (χ1n) is 5.82. The number of H-pyrrole nitrogens is 1. The van der Waals surface area contributed by atoms with Crippen LogP contribution in [0, 0.1) is 4.77 Å². The molecule has 1 aromatic heterocycles. The Bertz CT molecular complexity index is 823. The Kier molecular flexibility index (Phi) is 2.94. The van der Waals surface area contributed by atoms with Crippen molar-refractivity contribution in [3.05, 3.63) is 27.3 Å². The predicted molar refractivity (Wildman–Crippen MR) is 69.1 cm³/mol. The average molecular weight is 293 g/mol. The molecule has 8 heteroatoms. The maximum absolute atomic E-state index is 12.3. The van der Waals surface area contributed by atoms with E-state index >= 15 is 0 Å². The number of carboxylic acids is 1. The maximum atomic E-state index is 12.3. The summed E-state index contributed by atoms with van der Waals surface area (Å²) in [6, 6.07) is 3.19. The highest BCUT2D eigenvalue weighted by atomic mass is 32.1. The number of rotatable bonds is 3. The molecule has 0 spiro atoms. The van der Waals surface area contributed by atoms with Crippen molar-refractivity contribution in [2.45, 2.75) is 13.0 Å². The van der Waals surface area contributed by atoms with E-state index in [-0.39, 0.29) is 30.1 Å². The Morgan fingerprint density at radius 2 is 2.10 bits per heavy atom. The Balaban J connectivity index is 2.19. The molecule has 0 amide bonds. The third-order valence-electron chi connectivity index (χ3n) is 3.01. The van der Waals surface area contributed by atoms with Gasteiger partial charge in [-0.2, -0.15) is 0 Å². The van der Waals surface area contributed by atoms with Gasteiger partial charge in [0.1, 0.15) is 0 Å². The van der Waals surface area contributed by atoms with Gasteiger partial charge in [0.05, 0.1) is 10.9 Å². The van der Waals surface area contributed by atoms with E-state index in [1.165, 1.54) is 4.57 Å². The monoisotopic (exact) mass is 293 g/mol. The number of aromatic amines is 1. The number of carbonyl (C=O) groups is 1. The molecule has 1 aliphatic rings. The van der Waals surface area contributed by atoms with Crippen LogP contribution in [0.1, 0.15) is 6.42 Å². The number of aromatic nitrogens is 2. The first-order chi connectivity index (χ1) is 9.56. The van der Waals surface area contributed by atoms with Gasteiger partial charge < -0.3 is 24.4 Å². The minimum Gasteiger partial charge on any atom is -0.550 e. The second-order valence-electron chi connectivity index (χ2n) is 4.26. The van der Waals surface area contributed by atoms with Gasteiger partial charge >= 0.3 is 0 Å². The fraction of sp³-hybridized carbons (Fsp3) is 0.250. The quantitative estimate of drug-likeness (QED) is 0.796. The molecular weight excluding hydrogens is 284 g/mol. The van der Waals surface area contributed by atoms with Gasteiger partial charge in [0.2, 0.25) is 6.79 Å². The highest BCUT2D eigenvalue weighted by Gasteiger charge is 2.16. The Labute approximate surface area is 117 Å². The molecule has 0 bridgehead atoms. The summed E-state index contributed by atoms with van der Waals surface area (Å²) in [4.78, 5) is 25.7. The predicted octanol–water partition coefficient (Wildman–Crippen LogP) is -0.0722. The molecule has 3 rings (SSSR count). The molecule has 1 aromatic carbocycles. The maximum Gasteiger partial charge on any atom is 0.262 e. The first-order valence-corrected chi connectivity index (χ1v) is 6.23. The third-order valence-corrected chi connectivity index (χ3v) is 3.34. The number of nitrogens with zero attached hydrogens (tertiary/aromatic N) is 1. The van der Waals surface area contributed by atoms with Gasteiger partial charge in [-0.05, 0) is 18.3 Å². The summed E-state index contributed by atoms with van der Waals surface area (Å²) in [7, 11) is 0. The highest BCUT2D eigenvalue weighted by Crippen LogP contribution is 2.34.